The summed E-state index contributed by atoms with van der Waals surface area (Å²) in [5, 5.41) is 3.43. The van der Waals surface area contributed by atoms with Gasteiger partial charge in [0, 0.05) is 18.3 Å². The Morgan fingerprint density at radius 3 is 2.67 bits per heavy atom. The van der Waals surface area contributed by atoms with Crippen molar-refractivity contribution in [1.82, 2.24) is 9.97 Å². The first kappa shape index (κ1) is 13.1. The molecule has 0 aliphatic heterocycles. The predicted octanol–water partition coefficient (Wildman–Crippen LogP) is 1.87. The highest BCUT2D eigenvalue weighted by Crippen LogP contribution is 2.30. The van der Waals surface area contributed by atoms with Gasteiger partial charge in [-0.05, 0) is 19.8 Å². The topological polar surface area (TPSA) is 73.1 Å². The third-order valence-electron chi connectivity index (χ3n) is 3.62. The van der Waals surface area contributed by atoms with Gasteiger partial charge in [-0.2, -0.15) is 4.98 Å². The summed E-state index contributed by atoms with van der Waals surface area (Å²) in [6, 6.07) is 1.82. The van der Waals surface area contributed by atoms with Crippen molar-refractivity contribution in [3.8, 4) is 5.88 Å². The number of nitrogens with zero attached hydrogens (tertiary/aromatic N) is 2. The highest BCUT2D eigenvalue weighted by molar-refractivity contribution is 5.34. The smallest absolute Gasteiger partial charge is 0.226 e. The van der Waals surface area contributed by atoms with Gasteiger partial charge in [-0.1, -0.05) is 19.3 Å². The SMILES string of the molecule is COc1cc(C)nc(NC2(CN)CCCCC2)n1. The quantitative estimate of drug-likeness (QED) is 0.853. The molecule has 1 aliphatic carbocycles. The lowest BCUT2D eigenvalue weighted by atomic mass is 9.82. The van der Waals surface area contributed by atoms with E-state index in [1.807, 2.05) is 13.0 Å². The zero-order chi connectivity index (χ0) is 13.0. The predicted molar refractivity (Wildman–Crippen MR) is 71.8 cm³/mol. The molecule has 1 aromatic heterocycles. The summed E-state index contributed by atoms with van der Waals surface area (Å²) >= 11 is 0. The van der Waals surface area contributed by atoms with Crippen molar-refractivity contribution in [2.45, 2.75) is 44.6 Å². The van der Waals surface area contributed by atoms with Crippen molar-refractivity contribution in [3.63, 3.8) is 0 Å². The number of anilines is 1. The number of methoxy groups -OCH3 is 1. The average Bonchev–Trinajstić information content (AvgIpc) is 2.39. The monoisotopic (exact) mass is 250 g/mol. The van der Waals surface area contributed by atoms with E-state index in [9.17, 15) is 0 Å². The Morgan fingerprint density at radius 1 is 1.33 bits per heavy atom. The number of aryl methyl sites for hydroxylation is 1. The Kier molecular flexibility index (Phi) is 4.01. The summed E-state index contributed by atoms with van der Waals surface area (Å²) in [7, 11) is 1.62. The summed E-state index contributed by atoms with van der Waals surface area (Å²) in [6.07, 6.45) is 5.90. The fraction of sp³-hybridized carbons (Fsp3) is 0.692. The normalized spacial score (nSPS) is 18.4. The van der Waals surface area contributed by atoms with Crippen LogP contribution in [0.4, 0.5) is 5.95 Å². The number of rotatable bonds is 4. The van der Waals surface area contributed by atoms with Crippen LogP contribution >= 0.6 is 0 Å². The van der Waals surface area contributed by atoms with Crippen molar-refractivity contribution in [2.24, 2.45) is 5.73 Å². The molecule has 0 spiro atoms. The van der Waals surface area contributed by atoms with Gasteiger partial charge in [0.15, 0.2) is 0 Å². The second-order valence-electron chi connectivity index (χ2n) is 5.05. The zero-order valence-corrected chi connectivity index (χ0v) is 11.2. The molecule has 0 radical (unpaired) electrons. The second kappa shape index (κ2) is 5.52. The number of ether oxygens (including phenoxy) is 1. The molecule has 0 unspecified atom stereocenters. The largest absolute Gasteiger partial charge is 0.481 e. The number of hydrogen-bond donors (Lipinski definition) is 2. The molecule has 1 aliphatic rings. The van der Waals surface area contributed by atoms with Crippen LogP contribution in [0, 0.1) is 6.92 Å². The lowest BCUT2D eigenvalue weighted by molar-refractivity contribution is 0.328. The van der Waals surface area contributed by atoms with E-state index in [0.717, 1.165) is 18.5 Å². The molecule has 1 saturated carbocycles. The molecule has 1 aromatic rings. The van der Waals surface area contributed by atoms with Crippen molar-refractivity contribution < 1.29 is 4.74 Å². The molecule has 2 rings (SSSR count). The van der Waals surface area contributed by atoms with Gasteiger partial charge in [0.25, 0.3) is 0 Å². The van der Waals surface area contributed by atoms with Crippen LogP contribution in [-0.4, -0.2) is 29.2 Å². The van der Waals surface area contributed by atoms with Crippen molar-refractivity contribution in [1.29, 1.82) is 0 Å². The minimum atomic E-state index is -0.0446. The van der Waals surface area contributed by atoms with Gasteiger partial charge in [-0.25, -0.2) is 4.98 Å². The van der Waals surface area contributed by atoms with Crippen molar-refractivity contribution in [2.75, 3.05) is 19.0 Å². The number of aromatic nitrogens is 2. The van der Waals surface area contributed by atoms with Gasteiger partial charge in [0.05, 0.1) is 12.6 Å². The Hall–Kier alpha value is -1.36. The molecule has 0 amide bonds. The maximum atomic E-state index is 5.95. The van der Waals surface area contributed by atoms with E-state index in [4.69, 9.17) is 10.5 Å². The van der Waals surface area contributed by atoms with Gasteiger partial charge in [-0.3, -0.25) is 0 Å². The van der Waals surface area contributed by atoms with Gasteiger partial charge in [0.2, 0.25) is 11.8 Å². The lowest BCUT2D eigenvalue weighted by Gasteiger charge is -2.37. The summed E-state index contributed by atoms with van der Waals surface area (Å²) in [4.78, 5) is 8.75. The molecule has 1 fully saturated rings. The van der Waals surface area contributed by atoms with Crippen LogP contribution in [0.3, 0.4) is 0 Å². The van der Waals surface area contributed by atoms with Gasteiger partial charge in [-0.15, -0.1) is 0 Å². The first-order valence-electron chi connectivity index (χ1n) is 6.55. The second-order valence-corrected chi connectivity index (χ2v) is 5.05. The summed E-state index contributed by atoms with van der Waals surface area (Å²) in [5.41, 5.74) is 6.80. The van der Waals surface area contributed by atoms with Crippen LogP contribution in [-0.2, 0) is 0 Å². The third kappa shape index (κ3) is 2.90. The summed E-state index contributed by atoms with van der Waals surface area (Å²) in [5.74, 6) is 1.21. The van der Waals surface area contributed by atoms with Crippen molar-refractivity contribution in [3.05, 3.63) is 11.8 Å². The molecule has 0 atom stereocenters. The number of nitrogens with one attached hydrogen (secondary N) is 1. The first-order valence-corrected chi connectivity index (χ1v) is 6.55. The van der Waals surface area contributed by atoms with E-state index in [2.05, 4.69) is 15.3 Å². The maximum absolute atomic E-state index is 5.95. The van der Waals surface area contributed by atoms with Gasteiger partial charge in [0.1, 0.15) is 0 Å². The van der Waals surface area contributed by atoms with Crippen molar-refractivity contribution >= 4 is 5.95 Å². The highest BCUT2D eigenvalue weighted by Gasteiger charge is 2.31. The molecule has 18 heavy (non-hydrogen) atoms. The van der Waals surface area contributed by atoms with Crippen LogP contribution < -0.4 is 15.8 Å². The Labute approximate surface area is 108 Å². The molecular weight excluding hydrogens is 228 g/mol. The molecule has 0 bridgehead atoms. The Balaban J connectivity index is 2.18. The fourth-order valence-corrected chi connectivity index (χ4v) is 2.55. The standard InChI is InChI=1S/C13H22N4O/c1-10-8-11(18-2)16-12(15-10)17-13(9-14)6-4-3-5-7-13/h8H,3-7,9,14H2,1-2H3,(H,15,16,17). The van der Waals surface area contributed by atoms with E-state index < -0.39 is 0 Å². The average molecular weight is 250 g/mol. The molecule has 5 heteroatoms. The fourth-order valence-electron chi connectivity index (χ4n) is 2.55. The van der Waals surface area contributed by atoms with Crippen LogP contribution in [0.1, 0.15) is 37.8 Å². The molecule has 0 aromatic carbocycles. The lowest BCUT2D eigenvalue weighted by Crippen LogP contribution is -2.47. The van der Waals surface area contributed by atoms with Crippen LogP contribution in [0.5, 0.6) is 5.88 Å². The van der Waals surface area contributed by atoms with E-state index in [-0.39, 0.29) is 5.54 Å². The summed E-state index contributed by atoms with van der Waals surface area (Å²) < 4.78 is 5.17. The van der Waals surface area contributed by atoms with Gasteiger partial charge < -0.3 is 15.8 Å². The molecule has 100 valence electrons. The number of hydrogen-bond acceptors (Lipinski definition) is 5. The molecule has 5 nitrogen and oxygen atoms in total. The van der Waals surface area contributed by atoms with Crippen LogP contribution in [0.15, 0.2) is 6.07 Å². The minimum absolute atomic E-state index is 0.0446. The number of nitrogens with two attached hydrogens (primary N) is 1. The van der Waals surface area contributed by atoms with Gasteiger partial charge >= 0.3 is 0 Å². The Bertz CT molecular complexity index is 402. The molecular formula is C13H22N4O. The zero-order valence-electron chi connectivity index (χ0n) is 11.2. The molecule has 0 saturated heterocycles. The Morgan fingerprint density at radius 2 is 2.06 bits per heavy atom. The molecule has 1 heterocycles. The minimum Gasteiger partial charge on any atom is -0.481 e. The van der Waals surface area contributed by atoms with E-state index in [1.165, 1.54) is 19.3 Å². The van der Waals surface area contributed by atoms with Crippen LogP contribution in [0.25, 0.3) is 0 Å². The third-order valence-corrected chi connectivity index (χ3v) is 3.62. The first-order chi connectivity index (χ1) is 8.67. The maximum Gasteiger partial charge on any atom is 0.226 e. The molecule has 3 N–H and O–H groups in total. The van der Waals surface area contributed by atoms with E-state index in [1.54, 1.807) is 7.11 Å². The van der Waals surface area contributed by atoms with E-state index >= 15 is 0 Å². The van der Waals surface area contributed by atoms with E-state index in [0.29, 0.717) is 18.4 Å². The van der Waals surface area contributed by atoms with Crippen LogP contribution in [0.2, 0.25) is 0 Å². The summed E-state index contributed by atoms with van der Waals surface area (Å²) in [6.45, 7) is 2.55. The highest BCUT2D eigenvalue weighted by atomic mass is 16.5.